The van der Waals surface area contributed by atoms with E-state index in [1.54, 1.807) is 0 Å². The first kappa shape index (κ1) is 4.89. The smallest absolute Gasteiger partial charge is 0.399 e. The van der Waals surface area contributed by atoms with Crippen LogP contribution in [0.15, 0.2) is 0 Å². The van der Waals surface area contributed by atoms with E-state index in [0.717, 1.165) is 0 Å². The van der Waals surface area contributed by atoms with Crippen LogP contribution < -0.4 is 0 Å². The summed E-state index contributed by atoms with van der Waals surface area (Å²) in [5.41, 5.74) is 0. The lowest BCUT2D eigenvalue weighted by Gasteiger charge is -1.60. The fourth-order valence-corrected chi connectivity index (χ4v) is 0.0605. The first-order valence-electron chi connectivity index (χ1n) is 1.30. The number of aliphatic carboxylic acids is 1. The minimum absolute atomic E-state index is 0.528. The molecule has 4 heteroatoms. The largest absolute Gasteiger partial charge is 0.476 e. The van der Waals surface area contributed by atoms with Crippen LogP contribution in [-0.4, -0.2) is 17.6 Å². The van der Waals surface area contributed by atoms with Gasteiger partial charge in [0.2, 0.25) is 5.39 Å². The monoisotopic (exact) mass is 87.0 g/mol. The number of nitrogens with zero attached hydrogens (tertiary/aromatic N) is 2. The third-order valence-corrected chi connectivity index (χ3v) is 0.206. The van der Waals surface area contributed by atoms with Crippen molar-refractivity contribution in [3.63, 3.8) is 0 Å². The minimum Gasteiger partial charge on any atom is -0.476 e. The summed E-state index contributed by atoms with van der Waals surface area (Å²) in [7, 11) is 0. The van der Waals surface area contributed by atoms with E-state index in [9.17, 15) is 4.79 Å². The Bertz CT molecular complexity index is 92.2. The van der Waals surface area contributed by atoms with Gasteiger partial charge in [0.25, 0.3) is 0 Å². The fraction of sp³-hybridized carbons (Fsp3) is 0.500. The molecule has 0 aliphatic carbocycles. The second kappa shape index (κ2) is 2.15. The maximum Gasteiger partial charge on any atom is 0.399 e. The molecule has 0 bridgehead atoms. The summed E-state index contributed by atoms with van der Waals surface area (Å²) in [5, 5.41) is 15.1. The molecule has 0 aliphatic rings. The fourth-order valence-electron chi connectivity index (χ4n) is 0.0605. The first-order chi connectivity index (χ1) is 2.77. The molecule has 0 saturated heterocycles. The molecule has 4 nitrogen and oxygen atoms in total. The molecule has 0 aromatic rings. The number of hydrogen-bond donors (Lipinski definition) is 1. The van der Waals surface area contributed by atoms with Crippen LogP contribution in [0.1, 0.15) is 0 Å². The highest BCUT2D eigenvalue weighted by atomic mass is 16.4. The van der Waals surface area contributed by atoms with Gasteiger partial charge in [0.1, 0.15) is 4.98 Å². The number of carboxylic acid groups (broad SMARTS) is 1. The lowest BCUT2D eigenvalue weighted by atomic mass is 10.7. The van der Waals surface area contributed by atoms with Crippen LogP contribution in [0.3, 0.4) is 0 Å². The predicted molar refractivity (Wildman–Crippen MR) is 17.6 cm³/mol. The van der Waals surface area contributed by atoms with Gasteiger partial charge in [0.15, 0.2) is 0 Å². The van der Waals surface area contributed by atoms with E-state index >= 15 is 0 Å². The Morgan fingerprint density at radius 2 is 2.50 bits per heavy atom. The summed E-state index contributed by atoms with van der Waals surface area (Å²) in [4.78, 5) is 11.7. The van der Waals surface area contributed by atoms with Gasteiger partial charge in [0.05, 0.1) is 0 Å². The van der Waals surface area contributed by atoms with Gasteiger partial charge in [-0.3, -0.25) is 0 Å². The molecule has 0 aliphatic heterocycles. The Morgan fingerprint density at radius 1 is 2.00 bits per heavy atom. The first-order valence-corrected chi connectivity index (χ1v) is 1.30. The molecule has 0 atom stereocenters. The molecule has 0 unspecified atom stereocenters. The van der Waals surface area contributed by atoms with E-state index in [1.165, 1.54) is 0 Å². The SMILES string of the molecule is N#[N+]CC(=O)O. The highest BCUT2D eigenvalue weighted by molar-refractivity contribution is 5.70. The molecular formula is C2H3N2O2+. The minimum atomic E-state index is -1.13. The van der Waals surface area contributed by atoms with Crippen LogP contribution in [0, 0.1) is 5.39 Å². The molecule has 32 valence electrons. The van der Waals surface area contributed by atoms with Crippen LogP contribution in [0.25, 0.3) is 4.98 Å². The molecule has 0 spiro atoms. The van der Waals surface area contributed by atoms with Crippen molar-refractivity contribution in [3.05, 3.63) is 4.98 Å². The summed E-state index contributed by atoms with van der Waals surface area (Å²) < 4.78 is 0. The Kier molecular flexibility index (Phi) is 1.75. The zero-order valence-corrected chi connectivity index (χ0v) is 2.96. The zero-order valence-electron chi connectivity index (χ0n) is 2.96. The van der Waals surface area contributed by atoms with Gasteiger partial charge in [-0.15, -0.1) is 0 Å². The molecule has 0 aromatic carbocycles. The van der Waals surface area contributed by atoms with Crippen molar-refractivity contribution in [2.75, 3.05) is 6.54 Å². The Morgan fingerprint density at radius 3 is 2.50 bits per heavy atom. The van der Waals surface area contributed by atoms with Crippen molar-refractivity contribution in [2.24, 2.45) is 0 Å². The zero-order chi connectivity index (χ0) is 4.99. The molecule has 0 heterocycles. The molecule has 0 aromatic heterocycles. The van der Waals surface area contributed by atoms with Gasteiger partial charge >= 0.3 is 12.5 Å². The Balaban J connectivity index is 3.13. The molecule has 0 amide bonds. The topological polar surface area (TPSA) is 65.5 Å². The molecule has 0 radical (unpaired) electrons. The molecule has 1 N–H and O–H groups in total. The maximum absolute atomic E-state index is 9.35. The lowest BCUT2D eigenvalue weighted by molar-refractivity contribution is -0.134. The van der Waals surface area contributed by atoms with Crippen molar-refractivity contribution >= 4 is 5.97 Å². The van der Waals surface area contributed by atoms with Crippen LogP contribution in [-0.2, 0) is 4.79 Å². The number of carbonyl (C=O) groups is 1. The maximum atomic E-state index is 9.35. The highest BCUT2D eigenvalue weighted by Crippen LogP contribution is 1.62. The summed E-state index contributed by atoms with van der Waals surface area (Å²) in [6, 6.07) is 0. The number of carboxylic acids is 1. The number of hydrogen-bond acceptors (Lipinski definition) is 2. The third kappa shape index (κ3) is 2.89. The normalized spacial score (nSPS) is 6.50. The average molecular weight is 87.1 g/mol. The summed E-state index contributed by atoms with van der Waals surface area (Å²) in [6.07, 6.45) is 0. The van der Waals surface area contributed by atoms with Crippen molar-refractivity contribution in [2.45, 2.75) is 0 Å². The van der Waals surface area contributed by atoms with Gasteiger partial charge in [0, 0.05) is 0 Å². The van der Waals surface area contributed by atoms with E-state index < -0.39 is 12.5 Å². The average Bonchev–Trinajstić information content (AvgIpc) is 1.35. The van der Waals surface area contributed by atoms with E-state index in [-0.39, 0.29) is 0 Å². The van der Waals surface area contributed by atoms with Crippen LogP contribution >= 0.6 is 0 Å². The van der Waals surface area contributed by atoms with Crippen LogP contribution in [0.5, 0.6) is 0 Å². The quantitative estimate of drug-likeness (QED) is 0.455. The Labute approximate surface area is 34.0 Å². The number of rotatable bonds is 1. The molecule has 0 saturated carbocycles. The van der Waals surface area contributed by atoms with Crippen LogP contribution in [0.2, 0.25) is 0 Å². The third-order valence-electron chi connectivity index (χ3n) is 0.206. The van der Waals surface area contributed by atoms with Crippen molar-refractivity contribution in [3.8, 4) is 0 Å². The molecule has 0 fully saturated rings. The van der Waals surface area contributed by atoms with Gasteiger partial charge < -0.3 is 5.11 Å². The molecular weight excluding hydrogens is 84.0 g/mol. The Hall–Kier alpha value is -1.11. The van der Waals surface area contributed by atoms with Gasteiger partial charge in [-0.1, -0.05) is 0 Å². The second-order valence-electron chi connectivity index (χ2n) is 0.693. The van der Waals surface area contributed by atoms with Gasteiger partial charge in [-0.25, -0.2) is 4.79 Å². The lowest BCUT2D eigenvalue weighted by Crippen LogP contribution is -1.95. The summed E-state index contributed by atoms with van der Waals surface area (Å²) in [6.45, 7) is -0.528. The van der Waals surface area contributed by atoms with Crippen molar-refractivity contribution < 1.29 is 9.90 Å². The predicted octanol–water partition coefficient (Wildman–Crippen LogP) is -0.0759. The van der Waals surface area contributed by atoms with Crippen LogP contribution in [0.4, 0.5) is 0 Å². The highest BCUT2D eigenvalue weighted by Gasteiger charge is 2.01. The molecule has 6 heavy (non-hydrogen) atoms. The van der Waals surface area contributed by atoms with Gasteiger partial charge in [-0.05, 0) is 0 Å². The van der Waals surface area contributed by atoms with E-state index in [0.29, 0.717) is 0 Å². The van der Waals surface area contributed by atoms with E-state index in [4.69, 9.17) is 10.5 Å². The molecule has 0 rings (SSSR count). The second-order valence-corrected chi connectivity index (χ2v) is 0.693. The van der Waals surface area contributed by atoms with Gasteiger partial charge in [-0.2, -0.15) is 0 Å². The number of diazo groups is 1. The van der Waals surface area contributed by atoms with E-state index in [2.05, 4.69) is 4.98 Å². The summed E-state index contributed by atoms with van der Waals surface area (Å²) in [5.74, 6) is -1.13. The van der Waals surface area contributed by atoms with Crippen molar-refractivity contribution in [1.82, 2.24) is 0 Å². The van der Waals surface area contributed by atoms with Crippen molar-refractivity contribution in [1.29, 1.82) is 5.39 Å². The van der Waals surface area contributed by atoms with E-state index in [1.807, 2.05) is 0 Å². The summed E-state index contributed by atoms with van der Waals surface area (Å²) >= 11 is 0. The standard InChI is InChI=1S/C2H2N2O2/c3-4-1-2(5)6/h1H2/p+1.